The van der Waals surface area contributed by atoms with Crippen molar-refractivity contribution in [3.63, 3.8) is 0 Å². The minimum absolute atomic E-state index is 0.00210. The molecule has 0 fully saturated rings. The van der Waals surface area contributed by atoms with Crippen molar-refractivity contribution in [1.82, 2.24) is 5.32 Å². The van der Waals surface area contributed by atoms with E-state index in [0.29, 0.717) is 36.7 Å². The van der Waals surface area contributed by atoms with Crippen molar-refractivity contribution in [2.75, 3.05) is 17.4 Å². The quantitative estimate of drug-likeness (QED) is 0.638. The summed E-state index contributed by atoms with van der Waals surface area (Å²) >= 11 is 0. The number of sulfonamides is 1. The lowest BCUT2D eigenvalue weighted by atomic mass is 9.99. The molecule has 0 bridgehead atoms. The van der Waals surface area contributed by atoms with E-state index in [4.69, 9.17) is 0 Å². The second-order valence-corrected chi connectivity index (χ2v) is 9.36. The Morgan fingerprint density at radius 1 is 1.11 bits per heavy atom. The topological polar surface area (TPSA) is 66.5 Å². The molecule has 0 saturated heterocycles. The van der Waals surface area contributed by atoms with Gasteiger partial charge >= 0.3 is 0 Å². The third-order valence-electron chi connectivity index (χ3n) is 5.58. The lowest BCUT2D eigenvalue weighted by Gasteiger charge is -2.19. The first-order valence-corrected chi connectivity index (χ1v) is 11.7. The second kappa shape index (κ2) is 8.95. The number of nitrogens with one attached hydrogen (secondary N) is 1. The Balaban J connectivity index is 1.57. The van der Waals surface area contributed by atoms with Gasteiger partial charge in [0.15, 0.2) is 0 Å². The molecule has 2 aromatic rings. The third kappa shape index (κ3) is 4.17. The molecule has 152 valence electrons. The highest BCUT2D eigenvalue weighted by molar-refractivity contribution is 7.93. The predicted molar refractivity (Wildman–Crippen MR) is 114 cm³/mol. The van der Waals surface area contributed by atoms with E-state index in [-0.39, 0.29) is 5.91 Å². The van der Waals surface area contributed by atoms with Crippen molar-refractivity contribution in [2.24, 2.45) is 5.92 Å². The van der Waals surface area contributed by atoms with Crippen LogP contribution >= 0.6 is 0 Å². The van der Waals surface area contributed by atoms with E-state index in [0.717, 1.165) is 29.3 Å². The van der Waals surface area contributed by atoms with Crippen LogP contribution in [0.1, 0.15) is 52.4 Å². The van der Waals surface area contributed by atoms with Crippen molar-refractivity contribution in [3.05, 3.63) is 36.4 Å². The number of anilines is 1. The first-order valence-electron chi connectivity index (χ1n) is 10.3. The molecule has 0 saturated carbocycles. The zero-order valence-corrected chi connectivity index (χ0v) is 17.6. The van der Waals surface area contributed by atoms with E-state index < -0.39 is 10.0 Å². The van der Waals surface area contributed by atoms with Crippen molar-refractivity contribution in [1.29, 1.82) is 0 Å². The maximum absolute atomic E-state index is 12.9. The Morgan fingerprint density at radius 2 is 1.86 bits per heavy atom. The van der Waals surface area contributed by atoms with Crippen LogP contribution in [0.2, 0.25) is 0 Å². The predicted octanol–water partition coefficient (Wildman–Crippen LogP) is 4.46. The zero-order chi connectivity index (χ0) is 20.1. The van der Waals surface area contributed by atoms with Gasteiger partial charge in [0.1, 0.15) is 0 Å². The first-order chi connectivity index (χ1) is 13.5. The average molecular weight is 403 g/mol. The number of carbonyl (C=O) groups excluding carboxylic acids is 1. The molecule has 1 aliphatic heterocycles. The molecule has 1 aliphatic rings. The van der Waals surface area contributed by atoms with Crippen LogP contribution in [0.25, 0.3) is 10.8 Å². The first kappa shape index (κ1) is 20.6. The number of nitrogens with zero attached hydrogens (tertiary/aromatic N) is 1. The van der Waals surface area contributed by atoms with Gasteiger partial charge in [0.25, 0.3) is 10.0 Å². The summed E-state index contributed by atoms with van der Waals surface area (Å²) in [6.45, 7) is 5.36. The molecule has 1 amide bonds. The normalized spacial score (nSPS) is 15.7. The van der Waals surface area contributed by atoms with Gasteiger partial charge in [-0.25, -0.2) is 8.42 Å². The summed E-state index contributed by atoms with van der Waals surface area (Å²) in [6, 6.07) is 11.0. The number of hydrogen-bond acceptors (Lipinski definition) is 3. The molecule has 0 radical (unpaired) electrons. The third-order valence-corrected chi connectivity index (χ3v) is 7.43. The summed E-state index contributed by atoms with van der Waals surface area (Å²) in [4.78, 5) is 12.6. The van der Waals surface area contributed by atoms with E-state index >= 15 is 0 Å². The monoisotopic (exact) mass is 402 g/mol. The van der Waals surface area contributed by atoms with Crippen LogP contribution in [0.3, 0.4) is 0 Å². The van der Waals surface area contributed by atoms with E-state index in [1.807, 2.05) is 24.3 Å². The zero-order valence-electron chi connectivity index (χ0n) is 16.8. The largest absolute Gasteiger partial charge is 0.356 e. The molecule has 0 aliphatic carbocycles. The second-order valence-electron chi connectivity index (χ2n) is 7.53. The van der Waals surface area contributed by atoms with Gasteiger partial charge in [0, 0.05) is 24.9 Å². The molecule has 28 heavy (non-hydrogen) atoms. The van der Waals surface area contributed by atoms with Crippen molar-refractivity contribution < 1.29 is 13.2 Å². The Bertz CT molecular complexity index is 935. The van der Waals surface area contributed by atoms with Gasteiger partial charge in [-0.3, -0.25) is 9.10 Å². The molecule has 3 rings (SSSR count). The Morgan fingerprint density at radius 3 is 2.57 bits per heavy atom. The van der Waals surface area contributed by atoms with E-state index in [1.165, 1.54) is 17.1 Å². The highest BCUT2D eigenvalue weighted by Gasteiger charge is 2.34. The van der Waals surface area contributed by atoms with Crippen LogP contribution in [0.5, 0.6) is 0 Å². The van der Waals surface area contributed by atoms with Gasteiger partial charge in [-0.15, -0.1) is 0 Å². The number of amides is 1. The summed E-state index contributed by atoms with van der Waals surface area (Å²) in [5.74, 6) is 0.525. The Hall–Kier alpha value is -2.08. The average Bonchev–Trinajstić information content (AvgIpc) is 2.91. The van der Waals surface area contributed by atoms with Crippen LogP contribution < -0.4 is 9.62 Å². The van der Waals surface area contributed by atoms with E-state index in [1.54, 1.807) is 12.1 Å². The summed E-state index contributed by atoms with van der Waals surface area (Å²) in [5.41, 5.74) is 0.721. The highest BCUT2D eigenvalue weighted by Crippen LogP contribution is 2.41. The molecule has 5 nitrogen and oxygen atoms in total. The van der Waals surface area contributed by atoms with Gasteiger partial charge in [-0.2, -0.15) is 0 Å². The van der Waals surface area contributed by atoms with Gasteiger partial charge in [-0.1, -0.05) is 57.4 Å². The Kier molecular flexibility index (Phi) is 6.60. The maximum Gasteiger partial charge on any atom is 0.265 e. The lowest BCUT2D eigenvalue weighted by Crippen LogP contribution is -2.31. The van der Waals surface area contributed by atoms with Gasteiger partial charge in [-0.05, 0) is 36.3 Å². The molecule has 0 unspecified atom stereocenters. The molecule has 0 aromatic heterocycles. The molecular formula is C22H30N2O3S. The van der Waals surface area contributed by atoms with Crippen LogP contribution in [0.4, 0.5) is 5.69 Å². The minimum Gasteiger partial charge on any atom is -0.356 e. The maximum atomic E-state index is 12.9. The fourth-order valence-corrected chi connectivity index (χ4v) is 5.62. The van der Waals surface area contributed by atoms with Crippen LogP contribution in [0.15, 0.2) is 41.3 Å². The fourth-order valence-electron chi connectivity index (χ4n) is 3.87. The van der Waals surface area contributed by atoms with Crippen molar-refractivity contribution in [3.8, 4) is 0 Å². The van der Waals surface area contributed by atoms with Gasteiger partial charge in [0.05, 0.1) is 10.6 Å². The number of carbonyl (C=O) groups is 1. The van der Waals surface area contributed by atoms with Gasteiger partial charge in [0.2, 0.25) is 5.91 Å². The number of hydrogen-bond donors (Lipinski definition) is 1. The summed E-state index contributed by atoms with van der Waals surface area (Å²) in [5, 5.41) is 4.73. The molecule has 1 atom stereocenters. The number of unbranched alkanes of at least 4 members (excludes halogenated alkanes) is 1. The molecule has 1 N–H and O–H groups in total. The molecule has 6 heteroatoms. The summed E-state index contributed by atoms with van der Waals surface area (Å²) in [6.07, 6.45) is 5.40. The van der Waals surface area contributed by atoms with Crippen LogP contribution in [0, 0.1) is 5.92 Å². The lowest BCUT2D eigenvalue weighted by molar-refractivity contribution is -0.121. The summed E-state index contributed by atoms with van der Waals surface area (Å²) in [7, 11) is -3.53. The number of rotatable bonds is 10. The minimum atomic E-state index is -3.53. The Labute approximate surface area is 168 Å². The molecule has 0 spiro atoms. The smallest absolute Gasteiger partial charge is 0.265 e. The fraction of sp³-hybridized carbons (Fsp3) is 0.500. The van der Waals surface area contributed by atoms with Crippen LogP contribution in [-0.2, 0) is 14.8 Å². The van der Waals surface area contributed by atoms with Crippen molar-refractivity contribution >= 4 is 32.4 Å². The van der Waals surface area contributed by atoms with E-state index in [2.05, 4.69) is 19.2 Å². The number of benzene rings is 2. The summed E-state index contributed by atoms with van der Waals surface area (Å²) < 4.78 is 27.3. The molecule has 1 heterocycles. The molecular weight excluding hydrogens is 372 g/mol. The van der Waals surface area contributed by atoms with Crippen molar-refractivity contribution in [2.45, 2.75) is 57.3 Å². The standard InChI is InChI=1S/C22H30N2O3S/c1-3-5-9-17(4-2)16-23-21(25)14-8-15-24-19-12-6-10-18-11-7-13-20(22(18)19)28(24,26)27/h6-7,10-13,17H,3-5,8-9,14-16H2,1-2H3,(H,23,25)/t17-/m1/s1. The van der Waals surface area contributed by atoms with E-state index in [9.17, 15) is 13.2 Å². The molecule has 2 aromatic carbocycles. The SMILES string of the molecule is CCCC[C@@H](CC)CNC(=O)CCCN1c2cccc3cccc(c23)S1(=O)=O. The van der Waals surface area contributed by atoms with Crippen LogP contribution in [-0.4, -0.2) is 27.4 Å². The van der Waals surface area contributed by atoms with Gasteiger partial charge < -0.3 is 5.32 Å². The highest BCUT2D eigenvalue weighted by atomic mass is 32.2.